The molecule has 0 bridgehead atoms. The van der Waals surface area contributed by atoms with E-state index in [9.17, 15) is 0 Å². The molecule has 0 atom stereocenters. The van der Waals surface area contributed by atoms with Gasteiger partial charge in [-0.25, -0.2) is 4.98 Å². The van der Waals surface area contributed by atoms with E-state index in [0.717, 1.165) is 36.7 Å². The van der Waals surface area contributed by atoms with Gasteiger partial charge in [-0.05, 0) is 32.4 Å². The number of aryl methyl sites for hydroxylation is 1. The van der Waals surface area contributed by atoms with Gasteiger partial charge in [-0.1, -0.05) is 32.1 Å². The number of nitrogens with zero attached hydrogens (tertiary/aromatic N) is 2. The van der Waals surface area contributed by atoms with Gasteiger partial charge in [0.1, 0.15) is 5.82 Å². The minimum absolute atomic E-state index is 0.495. The molecule has 1 aromatic heterocycles. The number of rotatable bonds is 7. The second-order valence-electron chi connectivity index (χ2n) is 5.42. The van der Waals surface area contributed by atoms with Gasteiger partial charge in [0.05, 0.1) is 0 Å². The second kappa shape index (κ2) is 7.29. The number of pyridine rings is 1. The van der Waals surface area contributed by atoms with Crippen molar-refractivity contribution in [1.29, 1.82) is 0 Å². The summed E-state index contributed by atoms with van der Waals surface area (Å²) in [5, 5.41) is 3.43. The first-order valence-corrected chi connectivity index (χ1v) is 7.03. The van der Waals surface area contributed by atoms with Crippen LogP contribution in [0.5, 0.6) is 0 Å². The summed E-state index contributed by atoms with van der Waals surface area (Å²) in [6, 6.07) is 4.78. The van der Waals surface area contributed by atoms with E-state index in [1.54, 1.807) is 0 Å². The van der Waals surface area contributed by atoms with Crippen LogP contribution in [0, 0.1) is 6.92 Å². The van der Waals surface area contributed by atoms with E-state index in [2.05, 4.69) is 63.5 Å². The first-order chi connectivity index (χ1) is 8.93. The van der Waals surface area contributed by atoms with Gasteiger partial charge in [-0.2, -0.15) is 0 Å². The molecule has 1 rings (SSSR count). The lowest BCUT2D eigenvalue weighted by atomic mass is 10.2. The summed E-state index contributed by atoms with van der Waals surface area (Å²) in [7, 11) is 0. The van der Waals surface area contributed by atoms with E-state index in [1.807, 2.05) is 0 Å². The molecule has 0 aliphatic rings. The fourth-order valence-electron chi connectivity index (χ4n) is 1.93. The highest BCUT2D eigenvalue weighted by Gasteiger charge is 2.08. The highest BCUT2D eigenvalue weighted by atomic mass is 15.2. The van der Waals surface area contributed by atoms with Crippen molar-refractivity contribution in [2.45, 2.75) is 47.2 Å². The average Bonchev–Trinajstić information content (AvgIpc) is 2.34. The molecule has 1 heterocycles. The quantitative estimate of drug-likeness (QED) is 0.763. The van der Waals surface area contributed by atoms with Crippen LogP contribution in [0.15, 0.2) is 24.3 Å². The largest absolute Gasteiger partial charge is 0.353 e. The summed E-state index contributed by atoms with van der Waals surface area (Å²) in [6.45, 7) is 17.3. The van der Waals surface area contributed by atoms with Crippen LogP contribution in [0.4, 0.5) is 5.82 Å². The molecule has 0 unspecified atom stereocenters. The topological polar surface area (TPSA) is 28.2 Å². The minimum atomic E-state index is 0.495. The van der Waals surface area contributed by atoms with Gasteiger partial charge >= 0.3 is 0 Å². The Morgan fingerprint density at radius 2 is 2.11 bits per heavy atom. The molecule has 1 aromatic rings. The van der Waals surface area contributed by atoms with Crippen LogP contribution in [0.2, 0.25) is 0 Å². The molecule has 0 spiro atoms. The standard InChI is InChI=1S/C16H27N3/c1-7-19(11-12(2)3)16-9-8-15(14(6)18-16)10-17-13(4)5/h8-9,13,17H,2,7,10-11H2,1,3-6H3. The molecule has 0 saturated heterocycles. The molecule has 3 nitrogen and oxygen atoms in total. The molecule has 106 valence electrons. The highest BCUT2D eigenvalue weighted by Crippen LogP contribution is 2.16. The lowest BCUT2D eigenvalue weighted by molar-refractivity contribution is 0.586. The van der Waals surface area contributed by atoms with Crippen molar-refractivity contribution in [1.82, 2.24) is 10.3 Å². The van der Waals surface area contributed by atoms with E-state index >= 15 is 0 Å². The molecule has 0 fully saturated rings. The Labute approximate surface area is 117 Å². The van der Waals surface area contributed by atoms with Crippen molar-refractivity contribution in [2.75, 3.05) is 18.0 Å². The van der Waals surface area contributed by atoms with E-state index in [-0.39, 0.29) is 0 Å². The van der Waals surface area contributed by atoms with Crippen molar-refractivity contribution in [3.8, 4) is 0 Å². The third kappa shape index (κ3) is 5.03. The fourth-order valence-corrected chi connectivity index (χ4v) is 1.93. The maximum absolute atomic E-state index is 4.72. The molecular formula is C16H27N3. The summed E-state index contributed by atoms with van der Waals surface area (Å²) in [4.78, 5) is 6.97. The lowest BCUT2D eigenvalue weighted by Crippen LogP contribution is -2.26. The maximum Gasteiger partial charge on any atom is 0.129 e. The molecule has 0 aliphatic heterocycles. The maximum atomic E-state index is 4.72. The van der Waals surface area contributed by atoms with Crippen LogP contribution in [-0.2, 0) is 6.54 Å². The predicted molar refractivity (Wildman–Crippen MR) is 83.7 cm³/mol. The third-order valence-electron chi connectivity index (χ3n) is 3.05. The number of likely N-dealkylation sites (N-methyl/N-ethyl adjacent to an activating group) is 1. The Kier molecular flexibility index (Phi) is 6.03. The van der Waals surface area contributed by atoms with E-state index in [4.69, 9.17) is 4.98 Å². The van der Waals surface area contributed by atoms with E-state index in [1.165, 1.54) is 5.56 Å². The minimum Gasteiger partial charge on any atom is -0.353 e. The zero-order chi connectivity index (χ0) is 14.4. The summed E-state index contributed by atoms with van der Waals surface area (Å²) in [6.07, 6.45) is 0. The number of aromatic nitrogens is 1. The Morgan fingerprint density at radius 3 is 2.58 bits per heavy atom. The summed E-state index contributed by atoms with van der Waals surface area (Å²) < 4.78 is 0. The van der Waals surface area contributed by atoms with Gasteiger partial charge in [0.15, 0.2) is 0 Å². The first kappa shape index (κ1) is 15.7. The van der Waals surface area contributed by atoms with E-state index < -0.39 is 0 Å². The molecule has 19 heavy (non-hydrogen) atoms. The Morgan fingerprint density at radius 1 is 1.42 bits per heavy atom. The molecule has 0 saturated carbocycles. The average molecular weight is 261 g/mol. The van der Waals surface area contributed by atoms with Crippen molar-refractivity contribution in [2.24, 2.45) is 0 Å². The van der Waals surface area contributed by atoms with Crippen molar-refractivity contribution >= 4 is 5.82 Å². The van der Waals surface area contributed by atoms with Gasteiger partial charge in [0.25, 0.3) is 0 Å². The molecule has 0 aliphatic carbocycles. The van der Waals surface area contributed by atoms with Crippen LogP contribution in [-0.4, -0.2) is 24.1 Å². The first-order valence-electron chi connectivity index (χ1n) is 7.03. The summed E-state index contributed by atoms with van der Waals surface area (Å²) in [5.41, 5.74) is 3.53. The zero-order valence-corrected chi connectivity index (χ0v) is 13.0. The molecule has 0 aromatic carbocycles. The predicted octanol–water partition coefficient (Wildman–Crippen LogP) is 3.29. The van der Waals surface area contributed by atoms with Crippen LogP contribution < -0.4 is 10.2 Å². The number of anilines is 1. The van der Waals surface area contributed by atoms with Crippen molar-refractivity contribution < 1.29 is 0 Å². The molecule has 0 amide bonds. The van der Waals surface area contributed by atoms with Gasteiger partial charge < -0.3 is 10.2 Å². The second-order valence-corrected chi connectivity index (χ2v) is 5.42. The van der Waals surface area contributed by atoms with Crippen LogP contribution in [0.25, 0.3) is 0 Å². The Balaban J connectivity index is 2.82. The molecular weight excluding hydrogens is 234 g/mol. The monoisotopic (exact) mass is 261 g/mol. The third-order valence-corrected chi connectivity index (χ3v) is 3.05. The Hall–Kier alpha value is -1.35. The van der Waals surface area contributed by atoms with E-state index in [0.29, 0.717) is 6.04 Å². The highest BCUT2D eigenvalue weighted by molar-refractivity contribution is 5.42. The summed E-state index contributed by atoms with van der Waals surface area (Å²) >= 11 is 0. The van der Waals surface area contributed by atoms with Gasteiger partial charge in [-0.3, -0.25) is 0 Å². The molecule has 1 N–H and O–H groups in total. The van der Waals surface area contributed by atoms with Crippen LogP contribution in [0.1, 0.15) is 39.0 Å². The molecule has 3 heteroatoms. The van der Waals surface area contributed by atoms with Gasteiger partial charge in [0.2, 0.25) is 0 Å². The smallest absolute Gasteiger partial charge is 0.129 e. The summed E-state index contributed by atoms with van der Waals surface area (Å²) in [5.74, 6) is 1.04. The van der Waals surface area contributed by atoms with Gasteiger partial charge in [0, 0.05) is 31.4 Å². The fraction of sp³-hybridized carbons (Fsp3) is 0.562. The molecule has 0 radical (unpaired) electrons. The number of hydrogen-bond acceptors (Lipinski definition) is 3. The lowest BCUT2D eigenvalue weighted by Gasteiger charge is -2.23. The van der Waals surface area contributed by atoms with Crippen LogP contribution >= 0.6 is 0 Å². The normalized spacial score (nSPS) is 10.8. The zero-order valence-electron chi connectivity index (χ0n) is 13.0. The van der Waals surface area contributed by atoms with Crippen molar-refractivity contribution in [3.63, 3.8) is 0 Å². The number of hydrogen-bond donors (Lipinski definition) is 1. The SMILES string of the molecule is C=C(C)CN(CC)c1ccc(CNC(C)C)c(C)n1. The Bertz CT molecular complexity index is 424. The van der Waals surface area contributed by atoms with Crippen molar-refractivity contribution in [3.05, 3.63) is 35.5 Å². The number of nitrogens with one attached hydrogen (secondary N) is 1. The van der Waals surface area contributed by atoms with Crippen LogP contribution in [0.3, 0.4) is 0 Å². The van der Waals surface area contributed by atoms with Gasteiger partial charge in [-0.15, -0.1) is 0 Å².